The fraction of sp³-hybridized carbons (Fsp3) is 0.200. The van der Waals surface area contributed by atoms with Crippen LogP contribution in [0.3, 0.4) is 0 Å². The number of nitrogens with zero attached hydrogens (tertiary/aromatic N) is 2. The summed E-state index contributed by atoms with van der Waals surface area (Å²) in [5.74, 6) is 2.43. The lowest BCUT2D eigenvalue weighted by Crippen LogP contribution is -2.60. The molecule has 0 N–H and O–H groups in total. The van der Waals surface area contributed by atoms with Crippen molar-refractivity contribution in [1.82, 2.24) is 9.97 Å². The van der Waals surface area contributed by atoms with Gasteiger partial charge in [-0.05, 0) is 170 Å². The minimum Gasteiger partial charge on any atom is -0.227 e. The Labute approximate surface area is 451 Å². The summed E-state index contributed by atoms with van der Waals surface area (Å²) in [5.41, 5.74) is 24.6. The van der Waals surface area contributed by atoms with Gasteiger partial charge in [-0.15, -0.1) is 0 Å². The molecule has 7 atom stereocenters. The van der Waals surface area contributed by atoms with Crippen molar-refractivity contribution in [2.75, 3.05) is 0 Å². The molecule has 1 heterocycles. The van der Waals surface area contributed by atoms with E-state index in [9.17, 15) is 0 Å². The van der Waals surface area contributed by atoms with E-state index in [1.165, 1.54) is 101 Å². The van der Waals surface area contributed by atoms with E-state index in [1.54, 1.807) is 33.4 Å². The standard InChI is InChI=1S/C75H58N2/c1-2-17-49(18-3-1)69-65-37-34-48-16-4-5-22-58(48)70(65)77-71(76-69)50-32-30-47(31-33-50)51-35-36-64-61-25-11-8-21-57(61)54-45-74(68(64)42-51)41-39-52-43-73(66-28-14-12-26-62(66)59-23-9-6-19-55(52)59)40-38-53-44-75(46-54,72(73)74)67-29-15-13-27-63(67)60-24-10-7-20-56(53)60/h1-37,42,52-54,72H,38-41,43-46H2. The maximum Gasteiger partial charge on any atom is 0.160 e. The van der Waals surface area contributed by atoms with Gasteiger partial charge in [0.25, 0.3) is 0 Å². The average Bonchev–Trinajstić information content (AvgIpc) is 3.25. The minimum absolute atomic E-state index is 0.0782. The maximum absolute atomic E-state index is 5.39. The predicted molar refractivity (Wildman–Crippen MR) is 316 cm³/mol. The van der Waals surface area contributed by atoms with Crippen molar-refractivity contribution in [2.45, 2.75) is 85.4 Å². The van der Waals surface area contributed by atoms with Crippen molar-refractivity contribution < 1.29 is 0 Å². The second-order valence-electron chi connectivity index (χ2n) is 24.0. The van der Waals surface area contributed by atoms with Gasteiger partial charge in [-0.2, -0.15) is 0 Å². The molecule has 0 amide bonds. The van der Waals surface area contributed by atoms with Gasteiger partial charge in [0.15, 0.2) is 5.82 Å². The lowest BCUT2D eigenvalue weighted by molar-refractivity contribution is 0.00247. The molecular formula is C75H58N2. The third-order valence-corrected chi connectivity index (χ3v) is 20.6. The average molecular weight is 987 g/mol. The van der Waals surface area contributed by atoms with Crippen molar-refractivity contribution in [3.63, 3.8) is 0 Å². The second-order valence-corrected chi connectivity index (χ2v) is 24.0. The monoisotopic (exact) mass is 986 g/mol. The number of hydrogen-bond donors (Lipinski definition) is 0. The fourth-order valence-corrected chi connectivity index (χ4v) is 18.0. The summed E-state index contributed by atoms with van der Waals surface area (Å²) < 4.78 is 0. The Morgan fingerprint density at radius 2 is 0.818 bits per heavy atom. The van der Waals surface area contributed by atoms with E-state index in [0.717, 1.165) is 38.9 Å². The molecule has 7 unspecified atom stereocenters. The van der Waals surface area contributed by atoms with E-state index < -0.39 is 0 Å². The third kappa shape index (κ3) is 6.19. The largest absolute Gasteiger partial charge is 0.227 e. The van der Waals surface area contributed by atoms with E-state index >= 15 is 0 Å². The summed E-state index contributed by atoms with van der Waals surface area (Å²) in [6.45, 7) is 0. The SMILES string of the molecule is c1ccc(-c2nc(-c3ccc(-c4ccc5c(c4)C46CCC7CC8(CCC9CC(CC(C4)c4ccccc4-5)(c4ccccc4-c4ccccc49)C86)c4ccccc4-c4ccccc47)cc3)nc3c2ccc2ccccc23)cc1. The van der Waals surface area contributed by atoms with E-state index in [0.29, 0.717) is 23.7 Å². The van der Waals surface area contributed by atoms with E-state index in [2.05, 4.69) is 231 Å². The van der Waals surface area contributed by atoms with E-state index in [4.69, 9.17) is 9.97 Å². The predicted octanol–water partition coefficient (Wildman–Crippen LogP) is 19.0. The second kappa shape index (κ2) is 16.4. The van der Waals surface area contributed by atoms with Crippen molar-refractivity contribution in [1.29, 1.82) is 0 Å². The van der Waals surface area contributed by atoms with E-state index in [-0.39, 0.29) is 16.2 Å². The van der Waals surface area contributed by atoms with Crippen LogP contribution in [-0.2, 0) is 16.2 Å². The maximum atomic E-state index is 5.39. The smallest absolute Gasteiger partial charge is 0.160 e. The summed E-state index contributed by atoms with van der Waals surface area (Å²) in [4.78, 5) is 10.8. The molecule has 3 saturated carbocycles. The molecule has 6 aliphatic rings. The van der Waals surface area contributed by atoms with Crippen LogP contribution < -0.4 is 0 Å². The van der Waals surface area contributed by atoms with Crippen LogP contribution in [0.1, 0.15) is 103 Å². The molecule has 3 spiro atoms. The molecule has 2 heteroatoms. The van der Waals surface area contributed by atoms with Crippen molar-refractivity contribution in [3.8, 4) is 67.2 Å². The van der Waals surface area contributed by atoms with Crippen LogP contribution in [-0.4, -0.2) is 9.97 Å². The van der Waals surface area contributed by atoms with Crippen LogP contribution in [0.15, 0.2) is 231 Å². The molecule has 10 aromatic carbocycles. The molecule has 6 aliphatic carbocycles. The Morgan fingerprint density at radius 1 is 0.325 bits per heavy atom. The van der Waals surface area contributed by atoms with Crippen LogP contribution >= 0.6 is 0 Å². The van der Waals surface area contributed by atoms with Crippen LogP contribution in [0, 0.1) is 5.92 Å². The molecule has 368 valence electrons. The first-order valence-corrected chi connectivity index (χ1v) is 28.5. The van der Waals surface area contributed by atoms with Crippen LogP contribution in [0.2, 0.25) is 0 Å². The van der Waals surface area contributed by atoms with Gasteiger partial charge in [0.2, 0.25) is 0 Å². The number of aromatic nitrogens is 2. The molecule has 17 rings (SSSR count). The molecule has 2 nitrogen and oxygen atoms in total. The zero-order chi connectivity index (χ0) is 50.5. The molecule has 0 aliphatic heterocycles. The molecule has 0 radical (unpaired) electrons. The lowest BCUT2D eigenvalue weighted by Gasteiger charge is -2.63. The third-order valence-electron chi connectivity index (χ3n) is 20.6. The Hall–Kier alpha value is -8.20. The van der Waals surface area contributed by atoms with Gasteiger partial charge in [-0.3, -0.25) is 0 Å². The van der Waals surface area contributed by atoms with Crippen molar-refractivity contribution in [2.24, 2.45) is 5.92 Å². The molecule has 77 heavy (non-hydrogen) atoms. The van der Waals surface area contributed by atoms with Crippen molar-refractivity contribution >= 4 is 21.7 Å². The quantitative estimate of drug-likeness (QED) is 0.165. The van der Waals surface area contributed by atoms with Gasteiger partial charge in [0.05, 0.1) is 11.2 Å². The van der Waals surface area contributed by atoms with Gasteiger partial charge in [-0.25, -0.2) is 9.97 Å². The Bertz CT molecular complexity index is 4230. The summed E-state index contributed by atoms with van der Waals surface area (Å²) in [5, 5.41) is 3.40. The number of hydrogen-bond acceptors (Lipinski definition) is 2. The highest BCUT2D eigenvalue weighted by atomic mass is 14.9. The van der Waals surface area contributed by atoms with Crippen LogP contribution in [0.4, 0.5) is 0 Å². The first kappa shape index (κ1) is 44.0. The minimum atomic E-state index is -0.130. The first-order valence-electron chi connectivity index (χ1n) is 28.5. The van der Waals surface area contributed by atoms with Gasteiger partial charge >= 0.3 is 0 Å². The highest BCUT2D eigenvalue weighted by Gasteiger charge is 2.69. The highest BCUT2D eigenvalue weighted by Crippen LogP contribution is 2.76. The topological polar surface area (TPSA) is 25.8 Å². The molecule has 0 saturated heterocycles. The summed E-state index contributed by atoms with van der Waals surface area (Å²) in [7, 11) is 0. The molecule has 3 fully saturated rings. The number of rotatable bonds is 3. The van der Waals surface area contributed by atoms with Gasteiger partial charge < -0.3 is 0 Å². The summed E-state index contributed by atoms with van der Waals surface area (Å²) in [6, 6.07) is 89.1. The van der Waals surface area contributed by atoms with Gasteiger partial charge in [0, 0.05) is 38.1 Å². The number of fused-ring (bicyclic) bond motifs is 18. The Balaban J connectivity index is 0.906. The Morgan fingerprint density at radius 3 is 1.51 bits per heavy atom. The summed E-state index contributed by atoms with van der Waals surface area (Å²) in [6.07, 6.45) is 9.44. The molecule has 11 aromatic rings. The zero-order valence-electron chi connectivity index (χ0n) is 43.3. The highest BCUT2D eigenvalue weighted by molar-refractivity contribution is 6.09. The van der Waals surface area contributed by atoms with Crippen LogP contribution in [0.5, 0.6) is 0 Å². The normalized spacial score (nSPS) is 24.9. The Kier molecular flexibility index (Phi) is 9.37. The van der Waals surface area contributed by atoms with Gasteiger partial charge in [0.1, 0.15) is 0 Å². The molecule has 6 bridgehead atoms. The van der Waals surface area contributed by atoms with E-state index in [1.807, 2.05) is 0 Å². The zero-order valence-corrected chi connectivity index (χ0v) is 43.3. The molecular weight excluding hydrogens is 929 g/mol. The lowest BCUT2D eigenvalue weighted by atomic mass is 9.40. The molecule has 1 aromatic heterocycles. The van der Waals surface area contributed by atoms with Crippen LogP contribution in [0.25, 0.3) is 88.8 Å². The fourth-order valence-electron chi connectivity index (χ4n) is 18.0. The van der Waals surface area contributed by atoms with Crippen molar-refractivity contribution in [3.05, 3.63) is 264 Å². The first-order chi connectivity index (χ1) is 38.1. The summed E-state index contributed by atoms with van der Waals surface area (Å²) >= 11 is 0. The van der Waals surface area contributed by atoms with Gasteiger partial charge in [-0.1, -0.05) is 218 Å². The number of benzene rings is 10.